The van der Waals surface area contributed by atoms with Crippen LogP contribution in [0, 0.1) is 0 Å². The molecule has 2 amide bonds. The largest absolute Gasteiger partial charge is 0.490 e. The number of allylic oxidation sites excluding steroid dienone is 1. The molecule has 0 spiro atoms. The molecule has 1 aromatic rings. The number of aliphatic carboxylic acids is 2. The maximum atomic E-state index is 13.0. The van der Waals surface area contributed by atoms with Gasteiger partial charge >= 0.3 is 24.3 Å². The lowest BCUT2D eigenvalue weighted by Crippen LogP contribution is -2.68. The van der Waals surface area contributed by atoms with Crippen LogP contribution in [0.4, 0.5) is 32.0 Å². The number of carbonyl (C=O) groups excluding carboxylic acids is 2. The number of carboxylic acid groups (broad SMARTS) is 2. The quantitative estimate of drug-likeness (QED) is 0.295. The Hall–Kier alpha value is -3.53. The summed E-state index contributed by atoms with van der Waals surface area (Å²) < 4.78 is 70.6. The Morgan fingerprint density at radius 2 is 1.73 bits per heavy atom. The van der Waals surface area contributed by atoms with Crippen molar-refractivity contribution in [2.75, 3.05) is 17.2 Å². The molecule has 3 heterocycles. The van der Waals surface area contributed by atoms with Gasteiger partial charge in [-0.3, -0.25) is 14.5 Å². The average molecular weight is 553 g/mol. The van der Waals surface area contributed by atoms with Gasteiger partial charge in [-0.25, -0.2) is 9.59 Å². The zero-order valence-electron chi connectivity index (χ0n) is 18.3. The third-order valence-corrected chi connectivity index (χ3v) is 6.77. The topological polar surface area (TPSA) is 141 Å². The van der Waals surface area contributed by atoms with Crippen molar-refractivity contribution in [1.29, 1.82) is 0 Å². The number of nitrogens with two attached hydrogens (primary N) is 1. The van der Waals surface area contributed by atoms with Crippen molar-refractivity contribution in [1.82, 2.24) is 4.90 Å². The molecular formula is C21H17F6N3O6S. The third kappa shape index (κ3) is 5.74. The monoisotopic (exact) mass is 553 g/mol. The number of carboxylic acids is 2. The van der Waals surface area contributed by atoms with Crippen molar-refractivity contribution < 1.29 is 55.7 Å². The number of fused-ring (bicyclic) bond motifs is 1. The maximum Gasteiger partial charge on any atom is 0.490 e. The van der Waals surface area contributed by atoms with E-state index < -0.39 is 53.1 Å². The van der Waals surface area contributed by atoms with Gasteiger partial charge < -0.3 is 20.8 Å². The fraction of sp³-hybridized carbons (Fsp3) is 0.333. The van der Waals surface area contributed by atoms with Gasteiger partial charge in [-0.2, -0.15) is 26.3 Å². The number of alkyl halides is 6. The van der Waals surface area contributed by atoms with Crippen LogP contribution >= 0.6 is 11.8 Å². The van der Waals surface area contributed by atoms with Crippen LogP contribution in [0.1, 0.15) is 12.0 Å². The summed E-state index contributed by atoms with van der Waals surface area (Å²) in [6.45, 7) is 0.172. The molecule has 2 fully saturated rings. The second-order valence-corrected chi connectivity index (χ2v) is 8.95. The van der Waals surface area contributed by atoms with Crippen molar-refractivity contribution in [3.05, 3.63) is 52.7 Å². The van der Waals surface area contributed by atoms with Crippen LogP contribution in [-0.4, -0.2) is 68.8 Å². The number of halogens is 6. The van der Waals surface area contributed by atoms with Crippen LogP contribution in [0.2, 0.25) is 0 Å². The molecule has 0 saturated carbocycles. The molecule has 2 saturated heterocycles. The molecule has 0 aliphatic carbocycles. The summed E-state index contributed by atoms with van der Waals surface area (Å²) in [5, 5.41) is 16.3. The summed E-state index contributed by atoms with van der Waals surface area (Å²) >= 11 is 1.30. The Balaban J connectivity index is 0.000000479. The molecule has 37 heavy (non-hydrogen) atoms. The molecule has 1 aromatic carbocycles. The zero-order chi connectivity index (χ0) is 27.9. The van der Waals surface area contributed by atoms with Gasteiger partial charge in [0.2, 0.25) is 5.91 Å². The van der Waals surface area contributed by atoms with Gasteiger partial charge in [0.25, 0.3) is 5.91 Å². The zero-order valence-corrected chi connectivity index (χ0v) is 19.2. The lowest BCUT2D eigenvalue weighted by Gasteiger charge is -2.47. The molecule has 3 aliphatic heterocycles. The van der Waals surface area contributed by atoms with Gasteiger partial charge in [0.1, 0.15) is 17.1 Å². The van der Waals surface area contributed by atoms with E-state index in [1.165, 1.54) is 34.9 Å². The normalized spacial score (nSPS) is 22.9. The molecule has 4 rings (SSSR count). The number of β-lactam (4-membered cyclic amide) rings is 1. The molecule has 9 nitrogen and oxygen atoms in total. The van der Waals surface area contributed by atoms with Crippen LogP contribution in [0.15, 0.2) is 47.2 Å². The minimum absolute atomic E-state index is 0.118. The van der Waals surface area contributed by atoms with E-state index in [9.17, 15) is 45.8 Å². The number of nitrogens with zero attached hydrogens (tertiary/aromatic N) is 2. The lowest BCUT2D eigenvalue weighted by atomic mass is 10.0. The first-order chi connectivity index (χ1) is 17.0. The number of hydrogen-bond acceptors (Lipinski definition) is 6. The van der Waals surface area contributed by atoms with Crippen LogP contribution in [0.3, 0.4) is 0 Å². The fourth-order valence-corrected chi connectivity index (χ4v) is 4.96. The van der Waals surface area contributed by atoms with Gasteiger partial charge in [-0.1, -0.05) is 6.07 Å². The molecule has 0 unspecified atom stereocenters. The summed E-state index contributed by atoms with van der Waals surface area (Å²) in [5.74, 6) is -4.79. The number of amides is 2. The number of benzene rings is 1. The Bertz CT molecular complexity index is 1210. The third-order valence-electron chi connectivity index (χ3n) is 5.44. The van der Waals surface area contributed by atoms with Crippen LogP contribution < -0.4 is 10.6 Å². The molecule has 4 N–H and O–H groups in total. The van der Waals surface area contributed by atoms with E-state index in [0.717, 1.165) is 17.0 Å². The lowest BCUT2D eigenvalue weighted by molar-refractivity contribution is -0.192. The molecule has 0 bridgehead atoms. The van der Waals surface area contributed by atoms with Gasteiger partial charge in [0.05, 0.1) is 5.56 Å². The van der Waals surface area contributed by atoms with E-state index in [0.29, 0.717) is 5.57 Å². The van der Waals surface area contributed by atoms with E-state index in [2.05, 4.69) is 0 Å². The van der Waals surface area contributed by atoms with Gasteiger partial charge in [0.15, 0.2) is 0 Å². The first-order valence-corrected chi connectivity index (χ1v) is 11.3. The number of hydrogen-bond donors (Lipinski definition) is 3. The summed E-state index contributed by atoms with van der Waals surface area (Å²) in [6.07, 6.45) is -7.94. The standard InChI is InChI=1S/C19H16F3N3O4S.C2HF3O2/c20-19(21,22)11-2-1-3-12(7-11)24-5-4-9(15(24)26)6-10-8-30-17-13(23)16(27)25(17)14(10)18(28)29;3-2(4,5)1(6)7/h1-3,6-7,13,17H,4-5,8,23H2,(H,28,29);(H,6,7)/t13-,17-;/m1./s1. The number of thioether (sulfide) groups is 1. The van der Waals surface area contributed by atoms with E-state index >= 15 is 0 Å². The highest BCUT2D eigenvalue weighted by molar-refractivity contribution is 8.00. The van der Waals surface area contributed by atoms with E-state index in [-0.39, 0.29) is 35.7 Å². The number of rotatable bonds is 3. The van der Waals surface area contributed by atoms with Crippen molar-refractivity contribution in [3.8, 4) is 0 Å². The summed E-state index contributed by atoms with van der Waals surface area (Å²) in [7, 11) is 0. The van der Waals surface area contributed by atoms with Gasteiger partial charge in [-0.05, 0) is 36.3 Å². The first-order valence-electron chi connectivity index (χ1n) is 10.2. The Labute approximate surface area is 208 Å². The molecule has 16 heteroatoms. The summed E-state index contributed by atoms with van der Waals surface area (Å²) in [4.78, 5) is 47.8. The molecule has 200 valence electrons. The van der Waals surface area contributed by atoms with Crippen molar-refractivity contribution >= 4 is 41.2 Å². The maximum absolute atomic E-state index is 13.0. The predicted octanol–water partition coefficient (Wildman–Crippen LogP) is 2.58. The first kappa shape index (κ1) is 28.0. The predicted molar refractivity (Wildman–Crippen MR) is 116 cm³/mol. The van der Waals surface area contributed by atoms with Crippen molar-refractivity contribution in [3.63, 3.8) is 0 Å². The highest BCUT2D eigenvalue weighted by Crippen LogP contribution is 2.41. The van der Waals surface area contributed by atoms with E-state index in [1.54, 1.807) is 0 Å². The summed E-state index contributed by atoms with van der Waals surface area (Å²) in [6, 6.07) is 3.72. The number of anilines is 1. The highest BCUT2D eigenvalue weighted by Gasteiger charge is 2.51. The highest BCUT2D eigenvalue weighted by atomic mass is 32.2. The second-order valence-electron chi connectivity index (χ2n) is 7.84. The minimum atomic E-state index is -5.08. The van der Waals surface area contributed by atoms with E-state index in [1.807, 2.05) is 0 Å². The minimum Gasteiger partial charge on any atom is -0.477 e. The van der Waals surface area contributed by atoms with Gasteiger partial charge in [-0.15, -0.1) is 11.8 Å². The van der Waals surface area contributed by atoms with Gasteiger partial charge in [0, 0.05) is 23.6 Å². The smallest absolute Gasteiger partial charge is 0.477 e. The Kier molecular flexibility index (Phi) is 7.64. The molecular weight excluding hydrogens is 536 g/mol. The Morgan fingerprint density at radius 1 is 1.11 bits per heavy atom. The van der Waals surface area contributed by atoms with Crippen LogP contribution in [0.25, 0.3) is 0 Å². The average Bonchev–Trinajstić information content (AvgIpc) is 3.17. The second kappa shape index (κ2) is 10.1. The van der Waals surface area contributed by atoms with Crippen LogP contribution in [0.5, 0.6) is 0 Å². The molecule has 3 aliphatic rings. The SMILES string of the molecule is N[C@@H]1C(=O)N2C(C(=O)O)=C(C=C3CCN(c4cccc(C(F)(F)F)c4)C3=O)CS[C@H]12.O=C(O)C(F)(F)F. The Morgan fingerprint density at radius 3 is 2.27 bits per heavy atom. The molecule has 0 aromatic heterocycles. The summed E-state index contributed by atoms with van der Waals surface area (Å²) in [5.41, 5.74) is 5.35. The number of carbonyl (C=O) groups is 4. The fourth-order valence-electron chi connectivity index (χ4n) is 3.71. The van der Waals surface area contributed by atoms with Crippen molar-refractivity contribution in [2.24, 2.45) is 5.73 Å². The van der Waals surface area contributed by atoms with Crippen LogP contribution in [-0.2, 0) is 25.4 Å². The van der Waals surface area contributed by atoms with E-state index in [4.69, 9.17) is 15.6 Å². The van der Waals surface area contributed by atoms with Crippen molar-refractivity contribution in [2.45, 2.75) is 30.2 Å². The molecule has 0 radical (unpaired) electrons. The molecule has 2 atom stereocenters.